The molecule has 2 nitrogen and oxygen atoms in total. The van der Waals surface area contributed by atoms with Crippen LogP contribution in [0.3, 0.4) is 0 Å². The molecular weight excluding hydrogens is 491 g/mol. The van der Waals surface area contributed by atoms with E-state index in [0.29, 0.717) is 6.79 Å². The maximum atomic E-state index is 5.81. The van der Waals surface area contributed by atoms with E-state index in [1.54, 1.807) is 10.4 Å². The van der Waals surface area contributed by atoms with Crippen LogP contribution >= 0.6 is 0 Å². The van der Waals surface area contributed by atoms with Gasteiger partial charge in [0.05, 0.1) is 0 Å². The number of halogens is 2. The number of rotatable bonds is 5. The minimum atomic E-state index is -1.52. The van der Waals surface area contributed by atoms with Crippen molar-refractivity contribution in [2.24, 2.45) is 0 Å². The van der Waals surface area contributed by atoms with E-state index in [9.17, 15) is 0 Å². The van der Waals surface area contributed by atoms with E-state index in [-0.39, 0.29) is 51.0 Å². The summed E-state index contributed by atoms with van der Waals surface area (Å²) in [5.41, 5.74) is 2.77. The van der Waals surface area contributed by atoms with Gasteiger partial charge in [-0.3, -0.25) is 0 Å². The normalized spacial score (nSPS) is 16.3. The number of ether oxygens (including phenoxy) is 1. The van der Waals surface area contributed by atoms with Gasteiger partial charge in [-0.15, -0.1) is 29.0 Å². The average Bonchev–Trinajstić information content (AvgIpc) is 2.92. The zero-order chi connectivity index (χ0) is 17.1. The Bertz CT molecular complexity index is 895. The second-order valence-corrected chi connectivity index (χ2v) is 17.1. The van der Waals surface area contributed by atoms with Crippen LogP contribution < -0.4 is 35.2 Å². The fourth-order valence-electron chi connectivity index (χ4n) is 3.65. The van der Waals surface area contributed by atoms with Gasteiger partial charge in [-0.25, -0.2) is 0 Å². The molecule has 0 atom stereocenters. The first-order chi connectivity index (χ1) is 11.3. The van der Waals surface area contributed by atoms with Gasteiger partial charge in [0, 0.05) is 8.07 Å². The molecule has 2 aromatic rings. The van der Waals surface area contributed by atoms with Gasteiger partial charge >= 0.3 is 26.2 Å². The molecule has 2 aromatic carbocycles. The van der Waals surface area contributed by atoms with Crippen molar-refractivity contribution in [1.29, 1.82) is 0 Å². The standard InChI is InChI=1S/C20H25O2Si2.2ClH.Zr/c1-23(2,3)22-13-21-16-10-9-14(11-16)17-8-6-7-15-12-18-20(19(15)17)24(18,4)5;;;/h6-8,10-12H,9,13H2,1-5H3;2*1H;/q-1;;;+3/p-2. The fraction of sp³-hybridized carbons (Fsp3) is 0.350. The molecule has 0 fully saturated rings. The molecular formula is C20H25Cl2O2Si2Zr. The van der Waals surface area contributed by atoms with Crippen molar-refractivity contribution >= 4 is 43.1 Å². The number of hydrogen-bond donors (Lipinski definition) is 0. The molecule has 0 unspecified atom stereocenters. The van der Waals surface area contributed by atoms with Crippen molar-refractivity contribution in [2.45, 2.75) is 39.2 Å². The monoisotopic (exact) mass is 513 g/mol. The van der Waals surface area contributed by atoms with Gasteiger partial charge in [0.15, 0.2) is 15.1 Å². The number of allylic oxidation sites excluding steroid dienone is 3. The van der Waals surface area contributed by atoms with Crippen molar-refractivity contribution in [3.05, 3.63) is 47.7 Å². The smallest absolute Gasteiger partial charge is 1.00 e. The first kappa shape index (κ1) is 25.0. The Labute approximate surface area is 195 Å². The molecule has 0 bridgehead atoms. The molecule has 1 heterocycles. The summed E-state index contributed by atoms with van der Waals surface area (Å²) >= 11 is 0. The Hall–Kier alpha value is -0.0331. The van der Waals surface area contributed by atoms with Gasteiger partial charge in [0.1, 0.15) is 5.76 Å². The number of hydrogen-bond acceptors (Lipinski definition) is 2. The summed E-state index contributed by atoms with van der Waals surface area (Å²) in [6.07, 6.45) is 5.31. The third kappa shape index (κ3) is 4.76. The molecule has 27 heavy (non-hydrogen) atoms. The third-order valence-corrected chi connectivity index (χ3v) is 9.30. The fourth-order valence-corrected chi connectivity index (χ4v) is 7.43. The maximum Gasteiger partial charge on any atom is 3.00 e. The number of fused-ring (bicyclic) bond motifs is 3. The van der Waals surface area contributed by atoms with Crippen LogP contribution in [0.1, 0.15) is 12.0 Å². The maximum absolute atomic E-state index is 5.81. The summed E-state index contributed by atoms with van der Waals surface area (Å²) in [4.78, 5) is 0. The predicted octanol–water partition coefficient (Wildman–Crippen LogP) is -1.80. The van der Waals surface area contributed by atoms with Crippen LogP contribution in [-0.2, 0) is 35.4 Å². The minimum Gasteiger partial charge on any atom is -1.00 e. The Kier molecular flexibility index (Phi) is 8.12. The van der Waals surface area contributed by atoms with E-state index in [1.165, 1.54) is 21.9 Å². The zero-order valence-corrected chi connectivity index (χ0v) is 22.4. The third-order valence-electron chi connectivity index (χ3n) is 5.05. The predicted molar refractivity (Wildman–Crippen MR) is 107 cm³/mol. The molecule has 0 saturated heterocycles. The van der Waals surface area contributed by atoms with Crippen LogP contribution in [0.15, 0.2) is 42.2 Å². The molecule has 143 valence electrons. The molecule has 0 N–H and O–H groups in total. The summed E-state index contributed by atoms with van der Waals surface area (Å²) in [6.45, 7) is 11.8. The van der Waals surface area contributed by atoms with Gasteiger partial charge in [-0.05, 0) is 43.8 Å². The Morgan fingerprint density at radius 3 is 2.52 bits per heavy atom. The number of benzene rings is 1. The van der Waals surface area contributed by atoms with E-state index < -0.39 is 16.4 Å². The van der Waals surface area contributed by atoms with E-state index >= 15 is 0 Å². The van der Waals surface area contributed by atoms with Gasteiger partial charge in [-0.2, -0.15) is 10.4 Å². The summed E-state index contributed by atoms with van der Waals surface area (Å²) in [5.74, 6) is 0.948. The van der Waals surface area contributed by atoms with E-state index in [4.69, 9.17) is 9.16 Å². The molecule has 0 aromatic heterocycles. The van der Waals surface area contributed by atoms with Crippen LogP contribution in [0.4, 0.5) is 0 Å². The van der Waals surface area contributed by atoms with E-state index in [2.05, 4.69) is 69.2 Å². The van der Waals surface area contributed by atoms with E-state index in [0.717, 1.165) is 12.2 Å². The quantitative estimate of drug-likeness (QED) is 0.266. The Morgan fingerprint density at radius 1 is 1.15 bits per heavy atom. The first-order valence-corrected chi connectivity index (χ1v) is 15.1. The summed E-state index contributed by atoms with van der Waals surface area (Å²) in [5, 5.41) is 6.23. The molecule has 0 saturated carbocycles. The van der Waals surface area contributed by atoms with Gasteiger partial charge < -0.3 is 34.0 Å². The SMILES string of the molecule is C[Si](C)(C)OCOC1=CCC(c2cccc3[cH-]c4c(c23)[Si]4(C)C)=C1.[Cl-].[Cl-].[Zr+3]. The molecule has 1 radical (unpaired) electrons. The molecule has 1 aliphatic heterocycles. The molecule has 0 spiro atoms. The summed E-state index contributed by atoms with van der Waals surface area (Å²) < 4.78 is 11.6. The van der Waals surface area contributed by atoms with Crippen LogP contribution in [0.5, 0.6) is 0 Å². The molecule has 4 rings (SSSR count). The van der Waals surface area contributed by atoms with Crippen molar-refractivity contribution in [3.63, 3.8) is 0 Å². The summed E-state index contributed by atoms with van der Waals surface area (Å²) in [6, 6.07) is 9.12. The Balaban J connectivity index is 0.00000121. The molecule has 2 aliphatic rings. The van der Waals surface area contributed by atoms with E-state index in [1.807, 2.05) is 0 Å². The van der Waals surface area contributed by atoms with Crippen LogP contribution in [0.25, 0.3) is 16.3 Å². The minimum absolute atomic E-state index is 0. The van der Waals surface area contributed by atoms with Crippen LogP contribution in [0, 0.1) is 0 Å². The molecule has 1 aliphatic carbocycles. The second-order valence-electron chi connectivity index (χ2n) is 8.33. The Morgan fingerprint density at radius 2 is 1.85 bits per heavy atom. The zero-order valence-electron chi connectivity index (χ0n) is 16.5. The largest absolute Gasteiger partial charge is 3.00 e. The summed E-state index contributed by atoms with van der Waals surface area (Å²) in [7, 11) is -2.74. The van der Waals surface area contributed by atoms with Gasteiger partial charge in [-0.1, -0.05) is 24.7 Å². The van der Waals surface area contributed by atoms with Crippen molar-refractivity contribution in [2.75, 3.05) is 6.79 Å². The topological polar surface area (TPSA) is 18.5 Å². The second kappa shape index (κ2) is 8.77. The molecule has 7 heteroatoms. The molecule has 0 amide bonds. The average molecular weight is 516 g/mol. The van der Waals surface area contributed by atoms with Gasteiger partial charge in [0.25, 0.3) is 0 Å². The van der Waals surface area contributed by atoms with Crippen LogP contribution in [0.2, 0.25) is 32.7 Å². The van der Waals surface area contributed by atoms with Crippen molar-refractivity contribution < 1.29 is 60.2 Å². The van der Waals surface area contributed by atoms with Crippen molar-refractivity contribution in [1.82, 2.24) is 0 Å². The van der Waals surface area contributed by atoms with Gasteiger partial charge in [0.2, 0.25) is 0 Å². The van der Waals surface area contributed by atoms with Crippen molar-refractivity contribution in [3.8, 4) is 0 Å². The van der Waals surface area contributed by atoms with Crippen LogP contribution in [-0.4, -0.2) is 23.2 Å². The first-order valence-electron chi connectivity index (χ1n) is 8.68.